The molecule has 0 saturated carbocycles. The maximum atomic E-state index is 0. The second kappa shape index (κ2) is 37.2. The molecule has 0 aromatic heterocycles. The molecule has 36 valence electrons. The van der Waals surface area contributed by atoms with Crippen molar-refractivity contribution in [3.63, 3.8) is 0 Å². The zero-order valence-electron chi connectivity index (χ0n) is 6.02. The van der Waals surface area contributed by atoms with E-state index >= 15 is 0 Å². The first kappa shape index (κ1) is 52.8. The molecule has 0 heterocycles. The molecule has 2 radical (unpaired) electrons. The fourth-order valence-electron chi connectivity index (χ4n) is 0. The van der Waals surface area contributed by atoms with Crippen LogP contribution < -0.4 is 18.9 Å². The van der Waals surface area contributed by atoms with Crippen LogP contribution in [-0.4, -0.2) is 40.4 Å². The van der Waals surface area contributed by atoms with Crippen molar-refractivity contribution < 1.29 is 82.1 Å². The van der Waals surface area contributed by atoms with Gasteiger partial charge in [0.25, 0.3) is 0 Å². The van der Waals surface area contributed by atoms with Crippen molar-refractivity contribution in [3.05, 3.63) is 0 Å². The second-order valence-electron chi connectivity index (χ2n) is 0. The van der Waals surface area contributed by atoms with Crippen molar-refractivity contribution >= 4 is 40.4 Å². The predicted octanol–water partition coefficient (Wildman–Crippen LogP) is -4.23. The van der Waals surface area contributed by atoms with E-state index in [-0.39, 0.29) is 122 Å². The van der Waals surface area contributed by atoms with Gasteiger partial charge in [-0.1, -0.05) is 0 Å². The first-order valence-electron chi connectivity index (χ1n) is 0. The van der Waals surface area contributed by atoms with Gasteiger partial charge in [0.15, 0.2) is 17.4 Å². The molecule has 0 rings (SSSR count). The second-order valence-corrected chi connectivity index (χ2v) is 0. The summed E-state index contributed by atoms with van der Waals surface area (Å²) >= 11 is 0. The third-order valence-electron chi connectivity index (χ3n) is 0. The molecule has 6 heteroatoms. The molecular weight excluding hydrogens is 295 g/mol. The van der Waals surface area contributed by atoms with Gasteiger partial charge in [0.05, 0.1) is 0 Å². The molecule has 0 bridgehead atoms. The summed E-state index contributed by atoms with van der Waals surface area (Å²) in [6.45, 7) is 0. The quantitative estimate of drug-likeness (QED) is 0.398. The summed E-state index contributed by atoms with van der Waals surface area (Å²) in [6, 6.07) is 0. The Bertz CT molecular complexity index is 23.8. The minimum atomic E-state index is 0. The Morgan fingerprint density at radius 2 is 1.17 bits per heavy atom. The van der Waals surface area contributed by atoms with E-state index < -0.39 is 0 Å². The van der Waals surface area contributed by atoms with Gasteiger partial charge in [-0.15, -0.1) is 0 Å². The van der Waals surface area contributed by atoms with Crippen LogP contribution in [0.1, 0.15) is 4.28 Å². The van der Waals surface area contributed by atoms with Gasteiger partial charge in [0.2, 0.25) is 0 Å². The third-order valence-corrected chi connectivity index (χ3v) is 0. The normalized spacial score (nSPS) is 0. The topological polar surface area (TPSA) is 0 Å². The zero-order chi connectivity index (χ0) is 0. The Kier molecular flexibility index (Phi) is 327. The summed E-state index contributed by atoms with van der Waals surface area (Å²) in [4.78, 5) is 0. The zero-order valence-corrected chi connectivity index (χ0v) is 9.82. The third kappa shape index (κ3) is 25.0. The average Bonchev–Trinajstić information content (AvgIpc) is 0. The SMILES string of the molecule is [Ag].[AlH3].[Cu].[H-].[H-].[H-].[Li+].[Mg+2].[Zn]. The van der Waals surface area contributed by atoms with Crippen molar-refractivity contribution in [1.29, 1.82) is 0 Å². The number of hydrogen-bond acceptors (Lipinski definition) is 0. The first-order valence-corrected chi connectivity index (χ1v) is 0. The van der Waals surface area contributed by atoms with Crippen molar-refractivity contribution in [2.24, 2.45) is 0 Å². The maximum Gasteiger partial charge on any atom is 2.00 e. The standard InChI is InChI=1S/Ag.Al.Cu.Li.Mg.Zn.6H/q;;;+1;+2;;;;;3*-1. The van der Waals surface area contributed by atoms with Crippen LogP contribution in [0.15, 0.2) is 0 Å². The Labute approximate surface area is 120 Å². The maximum absolute atomic E-state index is 0. The summed E-state index contributed by atoms with van der Waals surface area (Å²) in [7, 11) is 0. The molecule has 0 saturated heterocycles. The van der Waals surface area contributed by atoms with Gasteiger partial charge in [0.1, 0.15) is 0 Å². The Morgan fingerprint density at radius 1 is 1.17 bits per heavy atom. The van der Waals surface area contributed by atoms with E-state index in [9.17, 15) is 0 Å². The van der Waals surface area contributed by atoms with E-state index in [1.54, 1.807) is 0 Å². The van der Waals surface area contributed by atoms with Gasteiger partial charge >= 0.3 is 41.9 Å². The van der Waals surface area contributed by atoms with Crippen molar-refractivity contribution in [2.75, 3.05) is 0 Å². The number of hydrogen-bond donors (Lipinski definition) is 0. The Morgan fingerprint density at radius 3 is 1.17 bits per heavy atom. The number of rotatable bonds is 0. The molecule has 0 atom stereocenters. The largest absolute Gasteiger partial charge is 2.00 e. The van der Waals surface area contributed by atoms with Crippen LogP contribution in [0.25, 0.3) is 0 Å². The molecule has 0 aromatic rings. The van der Waals surface area contributed by atoms with E-state index in [2.05, 4.69) is 0 Å². The Hall–Kier alpha value is 3.78. The van der Waals surface area contributed by atoms with Crippen LogP contribution in [0.2, 0.25) is 0 Å². The minimum absolute atomic E-state index is 0. The van der Waals surface area contributed by atoms with E-state index in [0.29, 0.717) is 0 Å². The molecule has 0 fully saturated rings. The molecule has 0 aromatic carbocycles. The van der Waals surface area contributed by atoms with Crippen molar-refractivity contribution in [2.45, 2.75) is 0 Å². The van der Waals surface area contributed by atoms with Gasteiger partial charge < -0.3 is 4.28 Å². The molecule has 0 spiro atoms. The summed E-state index contributed by atoms with van der Waals surface area (Å²) in [5.41, 5.74) is 0. The van der Waals surface area contributed by atoms with Crippen LogP contribution in [0.4, 0.5) is 0 Å². The van der Waals surface area contributed by atoms with Gasteiger partial charge in [-0.05, 0) is 0 Å². The Balaban J connectivity index is 0. The first-order chi connectivity index (χ1) is 0. The summed E-state index contributed by atoms with van der Waals surface area (Å²) < 4.78 is 0. The fraction of sp³-hybridized carbons (Fsp3) is 0. The predicted molar refractivity (Wildman–Crippen MR) is 19.0 cm³/mol. The average molecular weight is 301 g/mol. The van der Waals surface area contributed by atoms with Crippen LogP contribution in [0.5, 0.6) is 0 Å². The molecule has 0 amide bonds. The molecular formula is H6AgAlCuLiMgZn. The minimum Gasteiger partial charge on any atom is -1.00 e. The van der Waals surface area contributed by atoms with Crippen LogP contribution in [0.3, 0.4) is 0 Å². The van der Waals surface area contributed by atoms with E-state index in [1.165, 1.54) is 0 Å². The molecule has 0 aliphatic carbocycles. The van der Waals surface area contributed by atoms with Gasteiger partial charge in [-0.25, -0.2) is 0 Å². The molecule has 0 nitrogen and oxygen atoms in total. The van der Waals surface area contributed by atoms with Crippen molar-refractivity contribution in [3.8, 4) is 0 Å². The van der Waals surface area contributed by atoms with Crippen LogP contribution in [-0.2, 0) is 58.9 Å². The van der Waals surface area contributed by atoms with Gasteiger partial charge in [0, 0.05) is 58.9 Å². The van der Waals surface area contributed by atoms with Gasteiger partial charge in [-0.2, -0.15) is 0 Å². The molecule has 6 heavy (non-hydrogen) atoms. The molecule has 0 unspecified atom stereocenters. The summed E-state index contributed by atoms with van der Waals surface area (Å²) in [5.74, 6) is 0. The van der Waals surface area contributed by atoms with E-state index in [4.69, 9.17) is 0 Å². The van der Waals surface area contributed by atoms with Gasteiger partial charge in [-0.3, -0.25) is 0 Å². The van der Waals surface area contributed by atoms with E-state index in [1.807, 2.05) is 0 Å². The van der Waals surface area contributed by atoms with Crippen LogP contribution in [0, 0.1) is 0 Å². The van der Waals surface area contributed by atoms with Crippen molar-refractivity contribution in [1.82, 2.24) is 0 Å². The smallest absolute Gasteiger partial charge is 1.00 e. The van der Waals surface area contributed by atoms with E-state index in [0.717, 1.165) is 0 Å². The molecule has 0 N–H and O–H groups in total. The van der Waals surface area contributed by atoms with Crippen LogP contribution >= 0.6 is 0 Å². The summed E-state index contributed by atoms with van der Waals surface area (Å²) in [6.07, 6.45) is 0. The summed E-state index contributed by atoms with van der Waals surface area (Å²) in [5, 5.41) is 0. The fourth-order valence-corrected chi connectivity index (χ4v) is 0. The monoisotopic (exact) mass is 298 g/mol. The molecule has 0 aliphatic heterocycles. The molecule has 0 aliphatic rings.